The molecule has 4 heteroatoms. The van der Waals surface area contributed by atoms with Crippen molar-refractivity contribution < 1.29 is 5.11 Å². The van der Waals surface area contributed by atoms with Crippen molar-refractivity contribution in [1.82, 2.24) is 4.90 Å². The molecule has 0 amide bonds. The van der Waals surface area contributed by atoms with Crippen molar-refractivity contribution in [2.75, 3.05) is 13.1 Å². The molecular formula is C15H23BrN2O. The lowest BCUT2D eigenvalue weighted by molar-refractivity contribution is 0.0527. The monoisotopic (exact) mass is 326 g/mol. The topological polar surface area (TPSA) is 49.5 Å². The predicted octanol–water partition coefficient (Wildman–Crippen LogP) is 2.68. The van der Waals surface area contributed by atoms with E-state index in [2.05, 4.69) is 46.0 Å². The number of benzene rings is 1. The van der Waals surface area contributed by atoms with Crippen molar-refractivity contribution in [1.29, 1.82) is 0 Å². The van der Waals surface area contributed by atoms with Crippen LogP contribution in [0.4, 0.5) is 0 Å². The minimum atomic E-state index is -0.144. The molecule has 0 radical (unpaired) electrons. The van der Waals surface area contributed by atoms with Gasteiger partial charge in [-0.1, -0.05) is 41.1 Å². The van der Waals surface area contributed by atoms with Crippen LogP contribution in [0.5, 0.6) is 0 Å². The number of likely N-dealkylation sites (tertiary alicyclic amines) is 1. The zero-order valence-electron chi connectivity index (χ0n) is 11.4. The smallest absolute Gasteiger partial charge is 0.0564 e. The largest absolute Gasteiger partial charge is 0.393 e. The molecule has 0 aliphatic carbocycles. The molecule has 2 rings (SSSR count). The molecule has 1 aliphatic heterocycles. The Hall–Kier alpha value is -0.420. The number of hydrogen-bond donors (Lipinski definition) is 2. The third-order valence-corrected chi connectivity index (χ3v) is 4.72. The molecule has 3 nitrogen and oxygen atoms in total. The molecular weight excluding hydrogens is 304 g/mol. The average molecular weight is 327 g/mol. The summed E-state index contributed by atoms with van der Waals surface area (Å²) in [5.74, 6) is 0. The molecule has 19 heavy (non-hydrogen) atoms. The molecule has 1 saturated heterocycles. The third-order valence-electron chi connectivity index (χ3n) is 3.99. The predicted molar refractivity (Wildman–Crippen MR) is 82.0 cm³/mol. The van der Waals surface area contributed by atoms with Crippen LogP contribution in [-0.2, 0) is 0 Å². The minimum absolute atomic E-state index is 0.119. The summed E-state index contributed by atoms with van der Waals surface area (Å²) in [5, 5.41) is 9.66. The first kappa shape index (κ1) is 15.0. The summed E-state index contributed by atoms with van der Waals surface area (Å²) >= 11 is 3.64. The van der Waals surface area contributed by atoms with E-state index in [1.165, 1.54) is 5.56 Å². The lowest BCUT2D eigenvalue weighted by atomic mass is 9.94. The van der Waals surface area contributed by atoms with Gasteiger partial charge in [-0.15, -0.1) is 0 Å². The van der Waals surface area contributed by atoms with Crippen LogP contribution in [0.25, 0.3) is 0 Å². The highest BCUT2D eigenvalue weighted by molar-refractivity contribution is 9.10. The van der Waals surface area contributed by atoms with Crippen LogP contribution in [0.3, 0.4) is 0 Å². The summed E-state index contributed by atoms with van der Waals surface area (Å²) in [6.45, 7) is 3.97. The number of piperidine rings is 1. The Morgan fingerprint density at radius 1 is 1.37 bits per heavy atom. The summed E-state index contributed by atoms with van der Waals surface area (Å²) in [4.78, 5) is 2.42. The second kappa shape index (κ2) is 6.84. The second-order valence-corrected chi connectivity index (χ2v) is 6.16. The van der Waals surface area contributed by atoms with Crippen molar-refractivity contribution in [2.24, 2.45) is 5.73 Å². The van der Waals surface area contributed by atoms with E-state index in [1.54, 1.807) is 0 Å². The first-order chi connectivity index (χ1) is 9.13. The van der Waals surface area contributed by atoms with E-state index >= 15 is 0 Å². The molecule has 0 spiro atoms. The molecule has 1 aromatic rings. The van der Waals surface area contributed by atoms with Crippen LogP contribution < -0.4 is 5.73 Å². The molecule has 0 saturated carbocycles. The molecule has 2 unspecified atom stereocenters. The molecule has 1 fully saturated rings. The lowest BCUT2D eigenvalue weighted by Gasteiger charge is -2.39. The summed E-state index contributed by atoms with van der Waals surface area (Å²) in [7, 11) is 0. The summed E-state index contributed by atoms with van der Waals surface area (Å²) in [6, 6.07) is 8.66. The molecule has 0 bridgehead atoms. The van der Waals surface area contributed by atoms with Gasteiger partial charge >= 0.3 is 0 Å². The number of hydrogen-bond acceptors (Lipinski definition) is 3. The van der Waals surface area contributed by atoms with E-state index in [4.69, 9.17) is 5.73 Å². The minimum Gasteiger partial charge on any atom is -0.393 e. The van der Waals surface area contributed by atoms with Gasteiger partial charge in [-0.25, -0.2) is 0 Å². The maximum absolute atomic E-state index is 9.66. The molecule has 1 heterocycles. The third kappa shape index (κ3) is 3.57. The highest BCUT2D eigenvalue weighted by Gasteiger charge is 2.29. The Labute approximate surface area is 123 Å². The molecule has 106 valence electrons. The molecule has 0 aromatic heterocycles. The van der Waals surface area contributed by atoms with Crippen LogP contribution in [0.15, 0.2) is 28.7 Å². The highest BCUT2D eigenvalue weighted by atomic mass is 79.9. The molecule has 3 N–H and O–H groups in total. The van der Waals surface area contributed by atoms with Gasteiger partial charge in [-0.2, -0.15) is 0 Å². The first-order valence-corrected chi connectivity index (χ1v) is 7.85. The van der Waals surface area contributed by atoms with Crippen molar-refractivity contribution in [3.63, 3.8) is 0 Å². The molecule has 1 aromatic carbocycles. The Morgan fingerprint density at radius 3 is 2.58 bits per heavy atom. The summed E-state index contributed by atoms with van der Waals surface area (Å²) in [6.07, 6.45) is 2.49. The Balaban J connectivity index is 2.24. The Bertz CT molecular complexity index is 405. The fraction of sp³-hybridized carbons (Fsp3) is 0.600. The average Bonchev–Trinajstić information content (AvgIpc) is 2.43. The van der Waals surface area contributed by atoms with Gasteiger partial charge in [-0.05, 0) is 30.9 Å². The van der Waals surface area contributed by atoms with Crippen LogP contribution in [0, 0.1) is 0 Å². The van der Waals surface area contributed by atoms with Crippen LogP contribution >= 0.6 is 15.9 Å². The first-order valence-electron chi connectivity index (χ1n) is 7.05. The summed E-state index contributed by atoms with van der Waals surface area (Å²) in [5.41, 5.74) is 7.62. The van der Waals surface area contributed by atoms with E-state index in [-0.39, 0.29) is 18.2 Å². The van der Waals surface area contributed by atoms with Gasteiger partial charge in [0.15, 0.2) is 0 Å². The Morgan fingerprint density at radius 2 is 2.00 bits per heavy atom. The standard InChI is InChI=1S/C15H23BrN2O/c1-2-14(17)15(12-5-3-4-6-13(12)16)18-9-7-11(19)8-10-18/h3-6,11,14-15,19H,2,7-10,17H2,1H3. The van der Waals surface area contributed by atoms with Gasteiger partial charge < -0.3 is 10.8 Å². The normalized spacial score (nSPS) is 21.3. The quantitative estimate of drug-likeness (QED) is 0.894. The second-order valence-electron chi connectivity index (χ2n) is 5.31. The molecule has 2 atom stereocenters. The van der Waals surface area contributed by atoms with Crippen LogP contribution in [0.2, 0.25) is 0 Å². The fourth-order valence-electron chi connectivity index (χ4n) is 2.80. The zero-order chi connectivity index (χ0) is 13.8. The number of halogens is 1. The van der Waals surface area contributed by atoms with E-state index in [0.29, 0.717) is 0 Å². The number of aliphatic hydroxyl groups excluding tert-OH is 1. The van der Waals surface area contributed by atoms with Crippen molar-refractivity contribution in [3.05, 3.63) is 34.3 Å². The number of nitrogens with two attached hydrogens (primary N) is 1. The van der Waals surface area contributed by atoms with Gasteiger partial charge in [0, 0.05) is 23.6 Å². The zero-order valence-corrected chi connectivity index (χ0v) is 13.0. The summed E-state index contributed by atoms with van der Waals surface area (Å²) < 4.78 is 1.12. The number of rotatable bonds is 4. The van der Waals surface area contributed by atoms with E-state index < -0.39 is 0 Å². The van der Waals surface area contributed by atoms with Gasteiger partial charge in [0.05, 0.1) is 12.1 Å². The van der Waals surface area contributed by atoms with Gasteiger partial charge in [-0.3, -0.25) is 4.90 Å². The van der Waals surface area contributed by atoms with E-state index in [0.717, 1.165) is 36.8 Å². The van der Waals surface area contributed by atoms with Crippen molar-refractivity contribution in [3.8, 4) is 0 Å². The van der Waals surface area contributed by atoms with E-state index in [9.17, 15) is 5.11 Å². The van der Waals surface area contributed by atoms with Crippen LogP contribution in [0.1, 0.15) is 37.8 Å². The lowest BCUT2D eigenvalue weighted by Crippen LogP contribution is -2.45. The Kier molecular flexibility index (Phi) is 5.39. The maximum atomic E-state index is 9.66. The van der Waals surface area contributed by atoms with E-state index in [1.807, 2.05) is 6.07 Å². The SMILES string of the molecule is CCC(N)C(c1ccccc1Br)N1CCC(O)CC1. The number of nitrogens with zero attached hydrogens (tertiary/aromatic N) is 1. The van der Waals surface area contributed by atoms with Gasteiger partial charge in [0.25, 0.3) is 0 Å². The van der Waals surface area contributed by atoms with Gasteiger partial charge in [0.2, 0.25) is 0 Å². The molecule has 1 aliphatic rings. The van der Waals surface area contributed by atoms with Crippen LogP contribution in [-0.4, -0.2) is 35.2 Å². The van der Waals surface area contributed by atoms with Crippen molar-refractivity contribution in [2.45, 2.75) is 44.4 Å². The van der Waals surface area contributed by atoms with Crippen molar-refractivity contribution >= 4 is 15.9 Å². The van der Waals surface area contributed by atoms with Gasteiger partial charge in [0.1, 0.15) is 0 Å². The fourth-order valence-corrected chi connectivity index (χ4v) is 3.32. The number of aliphatic hydroxyl groups is 1. The maximum Gasteiger partial charge on any atom is 0.0564 e. The highest BCUT2D eigenvalue weighted by Crippen LogP contribution is 2.32.